The molecule has 4 rings (SSSR count). The molecule has 2 aromatic rings. The molecule has 6 nitrogen and oxygen atoms in total. The van der Waals surface area contributed by atoms with Crippen molar-refractivity contribution in [1.82, 2.24) is 14.9 Å². The first kappa shape index (κ1) is 20.1. The summed E-state index contributed by atoms with van der Waals surface area (Å²) in [5.41, 5.74) is 2.89. The smallest absolute Gasteiger partial charge is 0.245 e. The lowest BCUT2D eigenvalue weighted by Crippen LogP contribution is -2.47. The van der Waals surface area contributed by atoms with Crippen LogP contribution < -0.4 is 4.90 Å². The molecule has 0 radical (unpaired) electrons. The van der Waals surface area contributed by atoms with Gasteiger partial charge in [-0.1, -0.05) is 30.3 Å². The standard InChI is InChI=1S/C22H27ClN4O2/c1-14-11-27(12-15(2)29-14)21-18-13-26(10-9-19(18)24-16(3)25-21)22(28)20(23)17-7-5-4-6-8-17/h4-8,14-15,20H,9-13H2,1-3H3/t14-,15-,20-/m1/s1. The summed E-state index contributed by atoms with van der Waals surface area (Å²) in [6, 6.07) is 9.51. The summed E-state index contributed by atoms with van der Waals surface area (Å²) in [5, 5.41) is -0.684. The minimum Gasteiger partial charge on any atom is -0.372 e. The van der Waals surface area contributed by atoms with E-state index in [4.69, 9.17) is 21.3 Å². The van der Waals surface area contributed by atoms with Gasteiger partial charge in [0.2, 0.25) is 5.91 Å². The second-order valence-corrected chi connectivity index (χ2v) is 8.40. The van der Waals surface area contributed by atoms with Crippen LogP contribution >= 0.6 is 11.6 Å². The van der Waals surface area contributed by atoms with E-state index in [0.29, 0.717) is 19.5 Å². The summed E-state index contributed by atoms with van der Waals surface area (Å²) in [5.74, 6) is 1.63. The zero-order valence-electron chi connectivity index (χ0n) is 17.1. The number of morpholine rings is 1. The minimum atomic E-state index is -0.684. The fourth-order valence-electron chi connectivity index (χ4n) is 4.24. The zero-order valence-corrected chi connectivity index (χ0v) is 17.9. The van der Waals surface area contributed by atoms with Crippen LogP contribution in [0.5, 0.6) is 0 Å². The second-order valence-electron chi connectivity index (χ2n) is 7.97. The lowest BCUT2D eigenvalue weighted by atomic mass is 10.0. The molecule has 1 aromatic carbocycles. The fraction of sp³-hybridized carbons (Fsp3) is 0.500. The highest BCUT2D eigenvalue weighted by Gasteiger charge is 2.32. The predicted octanol–water partition coefficient (Wildman–Crippen LogP) is 3.26. The number of hydrogen-bond acceptors (Lipinski definition) is 5. The molecule has 0 bridgehead atoms. The summed E-state index contributed by atoms with van der Waals surface area (Å²) in [4.78, 5) is 26.6. The van der Waals surface area contributed by atoms with E-state index in [1.807, 2.05) is 42.2 Å². The highest BCUT2D eigenvalue weighted by atomic mass is 35.5. The number of fused-ring (bicyclic) bond motifs is 1. The Balaban J connectivity index is 1.60. The van der Waals surface area contributed by atoms with Gasteiger partial charge in [-0.2, -0.15) is 0 Å². The quantitative estimate of drug-likeness (QED) is 0.721. The van der Waals surface area contributed by atoms with Crippen molar-refractivity contribution < 1.29 is 9.53 Å². The van der Waals surface area contributed by atoms with Crippen molar-refractivity contribution in [3.8, 4) is 0 Å². The molecule has 7 heteroatoms. The lowest BCUT2D eigenvalue weighted by Gasteiger charge is -2.39. The molecule has 154 valence electrons. The number of carbonyl (C=O) groups is 1. The van der Waals surface area contributed by atoms with Crippen molar-refractivity contribution in [1.29, 1.82) is 0 Å². The number of rotatable bonds is 3. The number of nitrogens with zero attached hydrogens (tertiary/aromatic N) is 4. The monoisotopic (exact) mass is 414 g/mol. The van der Waals surface area contributed by atoms with Crippen LogP contribution in [0.4, 0.5) is 5.82 Å². The maximum atomic E-state index is 13.1. The molecule has 0 saturated carbocycles. The van der Waals surface area contributed by atoms with E-state index in [0.717, 1.165) is 41.6 Å². The molecule has 2 aliphatic rings. The van der Waals surface area contributed by atoms with E-state index < -0.39 is 5.38 Å². The fourth-order valence-corrected chi connectivity index (χ4v) is 4.53. The number of anilines is 1. The third-order valence-corrected chi connectivity index (χ3v) is 5.93. The van der Waals surface area contributed by atoms with Gasteiger partial charge in [0.05, 0.1) is 24.4 Å². The summed E-state index contributed by atoms with van der Waals surface area (Å²) in [7, 11) is 0. The molecule has 0 N–H and O–H groups in total. The molecule has 29 heavy (non-hydrogen) atoms. The molecular formula is C22H27ClN4O2. The molecule has 1 aromatic heterocycles. The van der Waals surface area contributed by atoms with Crippen molar-refractivity contribution >= 4 is 23.3 Å². The van der Waals surface area contributed by atoms with Gasteiger partial charge in [-0.3, -0.25) is 4.79 Å². The minimum absolute atomic E-state index is 0.0706. The van der Waals surface area contributed by atoms with Crippen LogP contribution in [0.1, 0.15) is 41.9 Å². The molecule has 3 heterocycles. The number of alkyl halides is 1. The van der Waals surface area contributed by atoms with Crippen LogP contribution in [0, 0.1) is 6.92 Å². The van der Waals surface area contributed by atoms with E-state index >= 15 is 0 Å². The van der Waals surface area contributed by atoms with E-state index in [-0.39, 0.29) is 18.1 Å². The van der Waals surface area contributed by atoms with E-state index in [9.17, 15) is 4.79 Å². The summed E-state index contributed by atoms with van der Waals surface area (Å²) in [6.07, 6.45) is 0.984. The zero-order chi connectivity index (χ0) is 20.5. The number of amides is 1. The van der Waals surface area contributed by atoms with Gasteiger partial charge >= 0.3 is 0 Å². The third-order valence-electron chi connectivity index (χ3n) is 5.49. The molecule has 2 aliphatic heterocycles. The summed E-state index contributed by atoms with van der Waals surface area (Å²) >= 11 is 6.52. The average Bonchev–Trinajstić information content (AvgIpc) is 2.71. The Morgan fingerprint density at radius 3 is 2.55 bits per heavy atom. The van der Waals surface area contributed by atoms with Crippen molar-refractivity contribution in [3.63, 3.8) is 0 Å². The van der Waals surface area contributed by atoms with E-state index in [2.05, 4.69) is 23.7 Å². The first-order valence-electron chi connectivity index (χ1n) is 10.2. The number of aromatic nitrogens is 2. The van der Waals surface area contributed by atoms with Crippen molar-refractivity contribution in [2.75, 3.05) is 24.5 Å². The van der Waals surface area contributed by atoms with Crippen molar-refractivity contribution in [2.45, 2.75) is 51.3 Å². The normalized spacial score (nSPS) is 22.9. The number of benzene rings is 1. The largest absolute Gasteiger partial charge is 0.372 e. The molecule has 0 aliphatic carbocycles. The Morgan fingerprint density at radius 2 is 1.86 bits per heavy atom. The van der Waals surface area contributed by atoms with E-state index in [1.54, 1.807) is 0 Å². The van der Waals surface area contributed by atoms with Crippen molar-refractivity contribution in [3.05, 3.63) is 53.0 Å². The number of hydrogen-bond donors (Lipinski definition) is 0. The third kappa shape index (κ3) is 4.23. The molecule has 0 unspecified atom stereocenters. The first-order chi connectivity index (χ1) is 13.9. The maximum absolute atomic E-state index is 13.1. The van der Waals surface area contributed by atoms with Crippen LogP contribution in [-0.2, 0) is 22.5 Å². The Morgan fingerprint density at radius 1 is 1.17 bits per heavy atom. The Hall–Kier alpha value is -2.18. The topological polar surface area (TPSA) is 58.6 Å². The Kier molecular flexibility index (Phi) is 5.74. The lowest BCUT2D eigenvalue weighted by molar-refractivity contribution is -0.131. The van der Waals surface area contributed by atoms with Crippen LogP contribution in [0.25, 0.3) is 0 Å². The van der Waals surface area contributed by atoms with Gasteiger partial charge in [0.15, 0.2) is 0 Å². The highest BCUT2D eigenvalue weighted by molar-refractivity contribution is 6.30. The van der Waals surface area contributed by atoms with Gasteiger partial charge in [-0.15, -0.1) is 11.6 Å². The number of halogens is 1. The van der Waals surface area contributed by atoms with E-state index in [1.165, 1.54) is 0 Å². The molecule has 0 spiro atoms. The average molecular weight is 415 g/mol. The number of ether oxygens (including phenoxy) is 1. The maximum Gasteiger partial charge on any atom is 0.245 e. The molecule has 1 fully saturated rings. The Bertz CT molecular complexity index is 882. The van der Waals surface area contributed by atoms with Crippen LogP contribution in [0.15, 0.2) is 30.3 Å². The molecule has 1 saturated heterocycles. The second kappa shape index (κ2) is 8.28. The van der Waals surface area contributed by atoms with Gasteiger partial charge in [-0.05, 0) is 26.3 Å². The van der Waals surface area contributed by atoms with Gasteiger partial charge < -0.3 is 14.5 Å². The predicted molar refractivity (Wildman–Crippen MR) is 113 cm³/mol. The first-order valence-corrected chi connectivity index (χ1v) is 10.6. The van der Waals surface area contributed by atoms with Gasteiger partial charge in [0, 0.05) is 31.6 Å². The summed E-state index contributed by atoms with van der Waals surface area (Å²) < 4.78 is 5.88. The van der Waals surface area contributed by atoms with Crippen molar-refractivity contribution in [2.24, 2.45) is 0 Å². The number of aryl methyl sites for hydroxylation is 1. The van der Waals surface area contributed by atoms with Crippen LogP contribution in [-0.4, -0.2) is 52.6 Å². The molecule has 3 atom stereocenters. The van der Waals surface area contributed by atoms with Gasteiger partial charge in [0.1, 0.15) is 17.0 Å². The van der Waals surface area contributed by atoms with Gasteiger partial charge in [-0.25, -0.2) is 9.97 Å². The van der Waals surface area contributed by atoms with Crippen LogP contribution in [0.3, 0.4) is 0 Å². The number of carbonyl (C=O) groups excluding carboxylic acids is 1. The molecule has 1 amide bonds. The SMILES string of the molecule is Cc1nc2c(c(N3C[C@@H](C)O[C@H](C)C3)n1)CN(C(=O)[C@H](Cl)c1ccccc1)CC2. The van der Waals surface area contributed by atoms with Crippen LogP contribution in [0.2, 0.25) is 0 Å². The van der Waals surface area contributed by atoms with Gasteiger partial charge in [0.25, 0.3) is 0 Å². The Labute approximate surface area is 176 Å². The molecular weight excluding hydrogens is 388 g/mol. The summed E-state index contributed by atoms with van der Waals surface area (Å²) in [6.45, 7) is 8.76. The highest BCUT2D eigenvalue weighted by Crippen LogP contribution is 2.31.